The Labute approximate surface area is 265 Å². The molecule has 0 N–H and O–H groups in total. The van der Waals surface area contributed by atoms with Gasteiger partial charge in [0.1, 0.15) is 0 Å². The van der Waals surface area contributed by atoms with Crippen LogP contribution >= 0.6 is 11.3 Å². The van der Waals surface area contributed by atoms with Crippen molar-refractivity contribution in [3.63, 3.8) is 0 Å². The van der Waals surface area contributed by atoms with Gasteiger partial charge in [0.05, 0.1) is 27.1 Å². The molecule has 0 bridgehead atoms. The highest BCUT2D eigenvalue weighted by molar-refractivity contribution is 7.26. The Morgan fingerprint density at radius 2 is 1.09 bits per heavy atom. The molecule has 0 saturated carbocycles. The third kappa shape index (κ3) is 4.16. The molecule has 2 heterocycles. The lowest BCUT2D eigenvalue weighted by molar-refractivity contribution is 1.18. The van der Waals surface area contributed by atoms with E-state index in [-0.39, 0.29) is 0 Å². The van der Waals surface area contributed by atoms with Crippen LogP contribution in [-0.4, -0.2) is 4.57 Å². The standard InChI is InChI=1S/C42H28N2S/c1-3-14-29(15-4-1)32-18-7-10-22-37(32)44(39-24-13-21-36-35-20-9-12-25-41(35)45-42(36)39)31-26-27-34-33-19-8-11-23-38(33)43(40(34)28-31)30-16-5-2-6-17-30/h1-28H. The van der Waals surface area contributed by atoms with Gasteiger partial charge in [-0.15, -0.1) is 11.3 Å². The fourth-order valence-electron chi connectivity index (χ4n) is 6.80. The van der Waals surface area contributed by atoms with Crippen LogP contribution in [0.5, 0.6) is 0 Å². The first-order valence-electron chi connectivity index (χ1n) is 15.3. The highest BCUT2D eigenvalue weighted by Crippen LogP contribution is 2.48. The molecule has 0 saturated heterocycles. The predicted molar refractivity (Wildman–Crippen MR) is 194 cm³/mol. The van der Waals surface area contributed by atoms with Gasteiger partial charge in [-0.1, -0.05) is 121 Å². The molecule has 0 amide bonds. The summed E-state index contributed by atoms with van der Waals surface area (Å²) in [5.41, 5.74) is 9.39. The fourth-order valence-corrected chi connectivity index (χ4v) is 8.01. The summed E-state index contributed by atoms with van der Waals surface area (Å²) in [5, 5.41) is 5.09. The van der Waals surface area contributed by atoms with Crippen molar-refractivity contribution >= 4 is 70.4 Å². The molecule has 45 heavy (non-hydrogen) atoms. The van der Waals surface area contributed by atoms with Gasteiger partial charge < -0.3 is 9.47 Å². The molecule has 7 aromatic carbocycles. The van der Waals surface area contributed by atoms with Crippen LogP contribution in [0.25, 0.3) is 58.8 Å². The van der Waals surface area contributed by atoms with Gasteiger partial charge in [-0.3, -0.25) is 0 Å². The van der Waals surface area contributed by atoms with Gasteiger partial charge in [0.15, 0.2) is 0 Å². The third-order valence-electron chi connectivity index (χ3n) is 8.78. The maximum atomic E-state index is 2.46. The third-order valence-corrected chi connectivity index (χ3v) is 9.99. The smallest absolute Gasteiger partial charge is 0.0640 e. The molecule has 9 aromatic rings. The lowest BCUT2D eigenvalue weighted by Gasteiger charge is -2.28. The summed E-state index contributed by atoms with van der Waals surface area (Å²) in [6.07, 6.45) is 0. The quantitative estimate of drug-likeness (QED) is 0.193. The zero-order valence-corrected chi connectivity index (χ0v) is 25.3. The number of hydrogen-bond acceptors (Lipinski definition) is 2. The summed E-state index contributed by atoms with van der Waals surface area (Å²) in [4.78, 5) is 2.46. The second-order valence-electron chi connectivity index (χ2n) is 11.4. The Balaban J connectivity index is 1.37. The number of aromatic nitrogens is 1. The van der Waals surface area contributed by atoms with Crippen molar-refractivity contribution in [1.82, 2.24) is 4.57 Å². The van der Waals surface area contributed by atoms with Gasteiger partial charge in [0, 0.05) is 43.2 Å². The predicted octanol–water partition coefficient (Wildman–Crippen LogP) is 12.3. The molecule has 0 fully saturated rings. The van der Waals surface area contributed by atoms with Crippen LogP contribution in [0, 0.1) is 0 Å². The maximum Gasteiger partial charge on any atom is 0.0640 e. The fraction of sp³-hybridized carbons (Fsp3) is 0. The molecule has 0 aliphatic rings. The first-order chi connectivity index (χ1) is 22.3. The van der Waals surface area contributed by atoms with Crippen LogP contribution in [0.1, 0.15) is 0 Å². The summed E-state index contributed by atoms with van der Waals surface area (Å²) >= 11 is 1.87. The van der Waals surface area contributed by atoms with Crippen molar-refractivity contribution in [2.45, 2.75) is 0 Å². The van der Waals surface area contributed by atoms with E-state index in [0.717, 1.165) is 17.1 Å². The van der Waals surface area contributed by atoms with Crippen molar-refractivity contribution in [2.24, 2.45) is 0 Å². The average Bonchev–Trinajstić information content (AvgIpc) is 3.66. The van der Waals surface area contributed by atoms with Crippen LogP contribution in [-0.2, 0) is 0 Å². The van der Waals surface area contributed by atoms with Gasteiger partial charge in [-0.2, -0.15) is 0 Å². The second-order valence-corrected chi connectivity index (χ2v) is 12.4. The molecule has 2 aromatic heterocycles. The second kappa shape index (κ2) is 10.5. The van der Waals surface area contributed by atoms with E-state index in [2.05, 4.69) is 179 Å². The Morgan fingerprint density at radius 3 is 1.96 bits per heavy atom. The molecule has 0 unspecified atom stereocenters. The minimum absolute atomic E-state index is 1.12. The zero-order valence-electron chi connectivity index (χ0n) is 24.5. The average molecular weight is 593 g/mol. The molecular formula is C42H28N2S. The van der Waals surface area contributed by atoms with Crippen molar-refractivity contribution in [2.75, 3.05) is 4.90 Å². The minimum atomic E-state index is 1.12. The number of rotatable bonds is 5. The summed E-state index contributed by atoms with van der Waals surface area (Å²) in [7, 11) is 0. The summed E-state index contributed by atoms with van der Waals surface area (Å²) in [6, 6.07) is 61.4. The zero-order chi connectivity index (χ0) is 29.7. The van der Waals surface area contributed by atoms with E-state index in [9.17, 15) is 0 Å². The molecular weight excluding hydrogens is 565 g/mol. The summed E-state index contributed by atoms with van der Waals surface area (Å²) in [6.45, 7) is 0. The number of nitrogens with zero attached hydrogens (tertiary/aromatic N) is 2. The molecule has 0 spiro atoms. The normalized spacial score (nSPS) is 11.6. The monoisotopic (exact) mass is 592 g/mol. The van der Waals surface area contributed by atoms with E-state index >= 15 is 0 Å². The molecule has 0 radical (unpaired) electrons. The van der Waals surface area contributed by atoms with Gasteiger partial charge in [-0.05, 0) is 54.1 Å². The van der Waals surface area contributed by atoms with Crippen molar-refractivity contribution in [3.05, 3.63) is 170 Å². The number of thiophene rings is 1. The Morgan fingerprint density at radius 1 is 0.444 bits per heavy atom. The van der Waals surface area contributed by atoms with Crippen LogP contribution in [0.3, 0.4) is 0 Å². The summed E-state index contributed by atoms with van der Waals surface area (Å²) < 4.78 is 4.98. The molecule has 9 rings (SSSR count). The highest BCUT2D eigenvalue weighted by atomic mass is 32.1. The van der Waals surface area contributed by atoms with E-state index < -0.39 is 0 Å². The van der Waals surface area contributed by atoms with E-state index in [1.807, 2.05) is 11.3 Å². The van der Waals surface area contributed by atoms with Gasteiger partial charge in [-0.25, -0.2) is 0 Å². The minimum Gasteiger partial charge on any atom is -0.309 e. The van der Waals surface area contributed by atoms with Gasteiger partial charge in [0.2, 0.25) is 0 Å². The number of fused-ring (bicyclic) bond motifs is 6. The Hall–Kier alpha value is -5.64. The van der Waals surface area contributed by atoms with E-state index in [0.29, 0.717) is 0 Å². The molecule has 0 aliphatic heterocycles. The lowest BCUT2D eigenvalue weighted by Crippen LogP contribution is -2.11. The SMILES string of the molecule is c1ccc(-c2ccccc2N(c2ccc3c4ccccc4n(-c4ccccc4)c3c2)c2cccc3c2sc2ccccc23)cc1. The van der Waals surface area contributed by atoms with Crippen LogP contribution in [0.15, 0.2) is 170 Å². The van der Waals surface area contributed by atoms with E-state index in [1.165, 1.54) is 58.8 Å². The number of benzene rings is 7. The Kier molecular flexibility index (Phi) is 6.03. The molecule has 212 valence electrons. The van der Waals surface area contributed by atoms with Crippen molar-refractivity contribution in [3.8, 4) is 16.8 Å². The first-order valence-corrected chi connectivity index (χ1v) is 16.1. The van der Waals surface area contributed by atoms with Crippen molar-refractivity contribution < 1.29 is 0 Å². The molecule has 2 nitrogen and oxygen atoms in total. The van der Waals surface area contributed by atoms with E-state index in [4.69, 9.17) is 0 Å². The maximum absolute atomic E-state index is 2.46. The van der Waals surface area contributed by atoms with Crippen LogP contribution in [0.4, 0.5) is 17.1 Å². The first kappa shape index (κ1) is 25.8. The lowest BCUT2D eigenvalue weighted by atomic mass is 10.0. The largest absolute Gasteiger partial charge is 0.309 e. The van der Waals surface area contributed by atoms with Crippen LogP contribution in [0.2, 0.25) is 0 Å². The summed E-state index contributed by atoms with van der Waals surface area (Å²) in [5.74, 6) is 0. The molecule has 0 atom stereocenters. The van der Waals surface area contributed by atoms with Gasteiger partial charge >= 0.3 is 0 Å². The highest BCUT2D eigenvalue weighted by Gasteiger charge is 2.22. The van der Waals surface area contributed by atoms with E-state index in [1.54, 1.807) is 0 Å². The Bertz CT molecular complexity index is 2490. The number of para-hydroxylation sites is 3. The topological polar surface area (TPSA) is 8.17 Å². The van der Waals surface area contributed by atoms with Crippen LogP contribution < -0.4 is 4.90 Å². The van der Waals surface area contributed by atoms with Crippen molar-refractivity contribution in [1.29, 1.82) is 0 Å². The molecule has 3 heteroatoms. The van der Waals surface area contributed by atoms with Gasteiger partial charge in [0.25, 0.3) is 0 Å². The number of hydrogen-bond donors (Lipinski definition) is 0. The molecule has 0 aliphatic carbocycles. The number of anilines is 3.